The van der Waals surface area contributed by atoms with Gasteiger partial charge in [0.05, 0.1) is 11.4 Å². The molecule has 0 radical (unpaired) electrons. The maximum atomic E-state index is 5.66. The number of aromatic nitrogens is 3. The Morgan fingerprint density at radius 1 is 1.33 bits per heavy atom. The molecule has 15 heavy (non-hydrogen) atoms. The Hall–Kier alpha value is -1.36. The molecular weight excluding hydrogens is 256 g/mol. The molecule has 2 aromatic rings. The van der Waals surface area contributed by atoms with Crippen LogP contribution in [0.15, 0.2) is 22.7 Å². The summed E-state index contributed by atoms with van der Waals surface area (Å²) < 4.78 is 2.70. The van der Waals surface area contributed by atoms with Gasteiger partial charge in [0.1, 0.15) is 0 Å². The Labute approximate surface area is 96.2 Å². The first-order valence-electron chi connectivity index (χ1n) is 4.54. The zero-order valence-electron chi connectivity index (χ0n) is 8.53. The Bertz CT molecular complexity index is 504. The number of halogens is 1. The van der Waals surface area contributed by atoms with Crippen molar-refractivity contribution in [3.05, 3.63) is 33.9 Å². The van der Waals surface area contributed by atoms with Gasteiger partial charge in [-0.25, -0.2) is 4.68 Å². The molecule has 0 aliphatic heterocycles. The lowest BCUT2D eigenvalue weighted by Gasteiger charge is -2.06. The van der Waals surface area contributed by atoms with Gasteiger partial charge in [-0.3, -0.25) is 0 Å². The molecular formula is C10H11BrN4. The molecule has 0 bridgehead atoms. The minimum Gasteiger partial charge on any atom is -0.381 e. The fourth-order valence-corrected chi connectivity index (χ4v) is 1.77. The number of nitrogens with zero attached hydrogens (tertiary/aromatic N) is 3. The molecule has 78 valence electrons. The summed E-state index contributed by atoms with van der Waals surface area (Å²) in [4.78, 5) is 0. The summed E-state index contributed by atoms with van der Waals surface area (Å²) in [7, 11) is 0. The second-order valence-electron chi connectivity index (χ2n) is 3.43. The van der Waals surface area contributed by atoms with E-state index in [0.29, 0.717) is 5.82 Å². The van der Waals surface area contributed by atoms with Crippen LogP contribution >= 0.6 is 15.9 Å². The van der Waals surface area contributed by atoms with Crippen molar-refractivity contribution in [2.45, 2.75) is 13.8 Å². The van der Waals surface area contributed by atoms with Crippen molar-refractivity contribution in [3.8, 4) is 5.69 Å². The number of rotatable bonds is 1. The molecule has 1 aromatic carbocycles. The maximum Gasteiger partial charge on any atom is 0.169 e. The predicted molar refractivity (Wildman–Crippen MR) is 62.9 cm³/mol. The Morgan fingerprint density at radius 2 is 2.07 bits per heavy atom. The van der Waals surface area contributed by atoms with Gasteiger partial charge in [-0.1, -0.05) is 11.3 Å². The van der Waals surface area contributed by atoms with Gasteiger partial charge in [-0.15, -0.1) is 5.10 Å². The minimum atomic E-state index is 0.461. The van der Waals surface area contributed by atoms with Crippen molar-refractivity contribution in [2.75, 3.05) is 5.73 Å². The first-order valence-corrected chi connectivity index (χ1v) is 5.33. The number of benzene rings is 1. The average Bonchev–Trinajstić information content (AvgIpc) is 2.52. The summed E-state index contributed by atoms with van der Waals surface area (Å²) in [5.74, 6) is 0.461. The Kier molecular flexibility index (Phi) is 2.48. The van der Waals surface area contributed by atoms with Crippen LogP contribution in [0.2, 0.25) is 0 Å². The highest BCUT2D eigenvalue weighted by molar-refractivity contribution is 9.10. The zero-order valence-corrected chi connectivity index (χ0v) is 10.1. The third-order valence-corrected chi connectivity index (χ3v) is 2.93. The van der Waals surface area contributed by atoms with Crippen LogP contribution in [0.1, 0.15) is 11.3 Å². The fourth-order valence-electron chi connectivity index (χ4n) is 1.35. The second kappa shape index (κ2) is 3.66. The lowest BCUT2D eigenvalue weighted by molar-refractivity contribution is 0.782. The number of aryl methyl sites for hydroxylation is 1. The molecule has 0 fully saturated rings. The maximum absolute atomic E-state index is 5.66. The van der Waals surface area contributed by atoms with Crippen LogP contribution in [0.4, 0.5) is 5.82 Å². The summed E-state index contributed by atoms with van der Waals surface area (Å²) in [6.07, 6.45) is 0. The Balaban J connectivity index is 2.63. The van der Waals surface area contributed by atoms with Crippen LogP contribution < -0.4 is 5.73 Å². The molecule has 4 nitrogen and oxygen atoms in total. The van der Waals surface area contributed by atoms with E-state index in [4.69, 9.17) is 5.73 Å². The van der Waals surface area contributed by atoms with Crippen LogP contribution in [-0.2, 0) is 0 Å². The fraction of sp³-hybridized carbons (Fsp3) is 0.200. The summed E-state index contributed by atoms with van der Waals surface area (Å²) in [6, 6.07) is 6.05. The van der Waals surface area contributed by atoms with Gasteiger partial charge in [-0.2, -0.15) is 0 Å². The lowest BCUT2D eigenvalue weighted by atomic mass is 10.2. The van der Waals surface area contributed by atoms with Gasteiger partial charge in [-0.05, 0) is 47.5 Å². The summed E-state index contributed by atoms with van der Waals surface area (Å²) >= 11 is 3.48. The molecule has 2 rings (SSSR count). The van der Waals surface area contributed by atoms with E-state index in [2.05, 4.69) is 26.2 Å². The van der Waals surface area contributed by atoms with Gasteiger partial charge < -0.3 is 5.73 Å². The summed E-state index contributed by atoms with van der Waals surface area (Å²) in [5.41, 5.74) is 8.63. The quantitative estimate of drug-likeness (QED) is 0.861. The van der Waals surface area contributed by atoms with Crippen molar-refractivity contribution in [1.29, 1.82) is 0 Å². The number of nitrogens with two attached hydrogens (primary N) is 1. The lowest BCUT2D eigenvalue weighted by Crippen LogP contribution is -2.01. The predicted octanol–water partition coefficient (Wildman–Crippen LogP) is 2.23. The van der Waals surface area contributed by atoms with Crippen molar-refractivity contribution in [3.63, 3.8) is 0 Å². The first-order chi connectivity index (χ1) is 7.09. The van der Waals surface area contributed by atoms with E-state index in [-0.39, 0.29) is 0 Å². The van der Waals surface area contributed by atoms with Gasteiger partial charge in [0.15, 0.2) is 5.82 Å². The molecule has 0 saturated carbocycles. The van der Waals surface area contributed by atoms with E-state index >= 15 is 0 Å². The third-order valence-electron chi connectivity index (χ3n) is 2.26. The number of hydrogen-bond acceptors (Lipinski definition) is 3. The van der Waals surface area contributed by atoms with Crippen molar-refractivity contribution >= 4 is 21.7 Å². The molecule has 1 heterocycles. The number of nitrogen functional groups attached to an aromatic ring is 1. The molecule has 0 spiro atoms. The number of anilines is 1. The van der Waals surface area contributed by atoms with Crippen molar-refractivity contribution in [1.82, 2.24) is 15.0 Å². The normalized spacial score (nSPS) is 10.6. The topological polar surface area (TPSA) is 56.7 Å². The SMILES string of the molecule is Cc1ccc(Br)c(-n2nnc(N)c2C)c1. The molecule has 0 aliphatic rings. The minimum absolute atomic E-state index is 0.461. The van der Waals surface area contributed by atoms with E-state index in [9.17, 15) is 0 Å². The van der Waals surface area contributed by atoms with Crippen LogP contribution in [-0.4, -0.2) is 15.0 Å². The smallest absolute Gasteiger partial charge is 0.169 e. The molecule has 5 heteroatoms. The Morgan fingerprint density at radius 3 is 2.67 bits per heavy atom. The highest BCUT2D eigenvalue weighted by Gasteiger charge is 2.09. The molecule has 0 aliphatic carbocycles. The van der Waals surface area contributed by atoms with E-state index in [1.807, 2.05) is 32.0 Å². The van der Waals surface area contributed by atoms with Gasteiger partial charge in [0, 0.05) is 4.47 Å². The molecule has 0 amide bonds. The molecule has 0 atom stereocenters. The average molecular weight is 267 g/mol. The van der Waals surface area contributed by atoms with Crippen LogP contribution in [0.3, 0.4) is 0 Å². The third kappa shape index (κ3) is 1.74. The highest BCUT2D eigenvalue weighted by Crippen LogP contribution is 2.23. The summed E-state index contributed by atoms with van der Waals surface area (Å²) in [6.45, 7) is 3.93. The van der Waals surface area contributed by atoms with Crippen molar-refractivity contribution in [2.24, 2.45) is 0 Å². The van der Waals surface area contributed by atoms with Crippen molar-refractivity contribution < 1.29 is 0 Å². The summed E-state index contributed by atoms with van der Waals surface area (Å²) in [5, 5.41) is 7.83. The van der Waals surface area contributed by atoms with Crippen LogP contribution in [0, 0.1) is 13.8 Å². The second-order valence-corrected chi connectivity index (χ2v) is 4.28. The molecule has 1 aromatic heterocycles. The largest absolute Gasteiger partial charge is 0.381 e. The van der Waals surface area contributed by atoms with Crippen LogP contribution in [0.25, 0.3) is 5.69 Å². The highest BCUT2D eigenvalue weighted by atomic mass is 79.9. The zero-order chi connectivity index (χ0) is 11.0. The number of hydrogen-bond donors (Lipinski definition) is 1. The molecule has 0 saturated heterocycles. The molecule has 2 N–H and O–H groups in total. The van der Waals surface area contributed by atoms with E-state index in [1.165, 1.54) is 5.56 Å². The van der Waals surface area contributed by atoms with E-state index < -0.39 is 0 Å². The van der Waals surface area contributed by atoms with Crippen LogP contribution in [0.5, 0.6) is 0 Å². The standard InChI is InChI=1S/C10H11BrN4/c1-6-3-4-8(11)9(5-6)15-7(2)10(12)13-14-15/h3-5H,12H2,1-2H3. The van der Waals surface area contributed by atoms with E-state index in [0.717, 1.165) is 15.9 Å². The van der Waals surface area contributed by atoms with Gasteiger partial charge >= 0.3 is 0 Å². The van der Waals surface area contributed by atoms with E-state index in [1.54, 1.807) is 4.68 Å². The first kappa shape index (κ1) is 10.2. The monoisotopic (exact) mass is 266 g/mol. The molecule has 0 unspecified atom stereocenters. The van der Waals surface area contributed by atoms with Gasteiger partial charge in [0.25, 0.3) is 0 Å². The van der Waals surface area contributed by atoms with Gasteiger partial charge in [0.2, 0.25) is 0 Å².